The van der Waals surface area contributed by atoms with Crippen molar-refractivity contribution in [2.24, 2.45) is 0 Å². The number of nitrogens with zero attached hydrogens (tertiary/aromatic N) is 2. The zero-order valence-electron chi connectivity index (χ0n) is 7.27. The van der Waals surface area contributed by atoms with Gasteiger partial charge in [-0.1, -0.05) is 11.3 Å². The molecular weight excluding hydrogens is 206 g/mol. The Morgan fingerprint density at radius 1 is 1.54 bits per heavy atom. The number of aliphatic hydroxyl groups is 1. The van der Waals surface area contributed by atoms with Gasteiger partial charge >= 0.3 is 0 Å². The maximum Gasteiger partial charge on any atom is 0.205 e. The van der Waals surface area contributed by atoms with Gasteiger partial charge in [0, 0.05) is 18.9 Å². The van der Waals surface area contributed by atoms with Crippen molar-refractivity contribution in [1.29, 1.82) is 0 Å². The van der Waals surface area contributed by atoms with Crippen molar-refractivity contribution in [3.63, 3.8) is 0 Å². The quantitative estimate of drug-likeness (QED) is 0.672. The molecule has 6 heteroatoms. The van der Waals surface area contributed by atoms with Crippen LogP contribution in [0.2, 0.25) is 0 Å². The molecule has 0 amide bonds. The lowest BCUT2D eigenvalue weighted by Crippen LogP contribution is -2.04. The van der Waals surface area contributed by atoms with E-state index in [-0.39, 0.29) is 6.61 Å². The van der Waals surface area contributed by atoms with Crippen molar-refractivity contribution >= 4 is 28.2 Å². The number of nitrogens with one attached hydrogen (secondary N) is 1. The average molecular weight is 219 g/mol. The van der Waals surface area contributed by atoms with Gasteiger partial charge in [0.25, 0.3) is 0 Å². The van der Waals surface area contributed by atoms with Crippen molar-refractivity contribution in [3.05, 3.63) is 5.51 Å². The second kappa shape index (κ2) is 7.11. The second-order valence-corrected chi connectivity index (χ2v) is 4.42. The third-order valence-electron chi connectivity index (χ3n) is 1.33. The summed E-state index contributed by atoms with van der Waals surface area (Å²) < 4.78 is 0. The van der Waals surface area contributed by atoms with Gasteiger partial charge in [0.15, 0.2) is 0 Å². The molecule has 1 rings (SSSR count). The Hall–Kier alpha value is -0.330. The Morgan fingerprint density at radius 3 is 3.15 bits per heavy atom. The van der Waals surface area contributed by atoms with E-state index in [1.807, 2.05) is 11.8 Å². The predicted octanol–water partition coefficient (Wildman–Crippen LogP) is 1.07. The molecule has 0 aliphatic heterocycles. The summed E-state index contributed by atoms with van der Waals surface area (Å²) in [6.07, 6.45) is 0.878. The summed E-state index contributed by atoms with van der Waals surface area (Å²) in [6.45, 7) is 1.20. The molecule has 1 aromatic rings. The highest BCUT2D eigenvalue weighted by Crippen LogP contribution is 2.08. The Morgan fingerprint density at radius 2 is 2.46 bits per heavy atom. The van der Waals surface area contributed by atoms with Crippen LogP contribution in [0.4, 0.5) is 5.13 Å². The number of hydrogen-bond donors (Lipinski definition) is 2. The van der Waals surface area contributed by atoms with Gasteiger partial charge in [0.05, 0.1) is 0 Å². The first-order valence-electron chi connectivity index (χ1n) is 4.12. The van der Waals surface area contributed by atoms with Crippen LogP contribution in [0.1, 0.15) is 6.42 Å². The molecule has 0 aromatic carbocycles. The maximum atomic E-state index is 8.53. The molecule has 1 heterocycles. The Kier molecular flexibility index (Phi) is 5.88. The van der Waals surface area contributed by atoms with Crippen LogP contribution in [0.5, 0.6) is 0 Å². The van der Waals surface area contributed by atoms with Crippen LogP contribution in [-0.4, -0.2) is 40.0 Å². The van der Waals surface area contributed by atoms with E-state index >= 15 is 0 Å². The molecule has 13 heavy (non-hydrogen) atoms. The number of thioether (sulfide) groups is 1. The van der Waals surface area contributed by atoms with E-state index in [0.717, 1.165) is 29.6 Å². The van der Waals surface area contributed by atoms with Gasteiger partial charge in [-0.15, -0.1) is 10.2 Å². The van der Waals surface area contributed by atoms with Gasteiger partial charge < -0.3 is 10.4 Å². The summed E-state index contributed by atoms with van der Waals surface area (Å²) in [5.74, 6) is 2.06. The van der Waals surface area contributed by atoms with E-state index in [1.165, 1.54) is 11.3 Å². The highest BCUT2D eigenvalue weighted by molar-refractivity contribution is 7.99. The van der Waals surface area contributed by atoms with Gasteiger partial charge in [0.1, 0.15) is 5.51 Å². The fourth-order valence-corrected chi connectivity index (χ4v) is 2.01. The van der Waals surface area contributed by atoms with Crippen molar-refractivity contribution < 1.29 is 5.11 Å². The molecule has 0 atom stereocenters. The van der Waals surface area contributed by atoms with Gasteiger partial charge in [-0.25, -0.2) is 0 Å². The summed E-state index contributed by atoms with van der Waals surface area (Å²) in [7, 11) is 0. The molecule has 74 valence electrons. The molecule has 0 radical (unpaired) electrons. The van der Waals surface area contributed by atoms with Crippen molar-refractivity contribution in [1.82, 2.24) is 10.2 Å². The summed E-state index contributed by atoms with van der Waals surface area (Å²) >= 11 is 3.34. The van der Waals surface area contributed by atoms with Crippen molar-refractivity contribution in [3.8, 4) is 0 Å². The van der Waals surface area contributed by atoms with Crippen molar-refractivity contribution in [2.45, 2.75) is 6.42 Å². The SMILES string of the molecule is OCCCSCCNc1nncs1. The molecule has 0 aliphatic rings. The van der Waals surface area contributed by atoms with E-state index in [2.05, 4.69) is 15.5 Å². The zero-order valence-corrected chi connectivity index (χ0v) is 8.90. The molecule has 4 nitrogen and oxygen atoms in total. The van der Waals surface area contributed by atoms with Gasteiger partial charge in [0.2, 0.25) is 5.13 Å². The minimum Gasteiger partial charge on any atom is -0.396 e. The lowest BCUT2D eigenvalue weighted by Gasteiger charge is -2.00. The maximum absolute atomic E-state index is 8.53. The van der Waals surface area contributed by atoms with Gasteiger partial charge in [-0.05, 0) is 12.2 Å². The second-order valence-electron chi connectivity index (χ2n) is 2.36. The number of hydrogen-bond acceptors (Lipinski definition) is 6. The smallest absolute Gasteiger partial charge is 0.205 e. The van der Waals surface area contributed by atoms with E-state index in [1.54, 1.807) is 5.51 Å². The summed E-state index contributed by atoms with van der Waals surface area (Å²) in [5.41, 5.74) is 1.71. The minimum atomic E-state index is 0.289. The molecule has 0 spiro atoms. The van der Waals surface area contributed by atoms with Gasteiger partial charge in [-0.2, -0.15) is 11.8 Å². The third kappa shape index (κ3) is 5.07. The lowest BCUT2D eigenvalue weighted by atomic mass is 10.5. The lowest BCUT2D eigenvalue weighted by molar-refractivity contribution is 0.296. The monoisotopic (exact) mass is 219 g/mol. The molecule has 1 aromatic heterocycles. The van der Waals surface area contributed by atoms with Crippen LogP contribution < -0.4 is 5.32 Å². The van der Waals surface area contributed by atoms with E-state index in [0.29, 0.717) is 0 Å². The standard InChI is InChI=1S/C7H13N3OS2/c11-3-1-4-12-5-2-8-7-10-9-6-13-7/h6,11H,1-5H2,(H,8,10). The fourth-order valence-electron chi connectivity index (χ4n) is 0.749. The fraction of sp³-hybridized carbons (Fsp3) is 0.714. The summed E-state index contributed by atoms with van der Waals surface area (Å²) in [4.78, 5) is 0. The molecule has 2 N–H and O–H groups in total. The minimum absolute atomic E-state index is 0.289. The Bertz CT molecular complexity index is 206. The van der Waals surface area contributed by atoms with E-state index in [4.69, 9.17) is 5.11 Å². The largest absolute Gasteiger partial charge is 0.396 e. The highest BCUT2D eigenvalue weighted by atomic mass is 32.2. The molecule has 0 bridgehead atoms. The van der Waals surface area contributed by atoms with Crippen LogP contribution in [0.3, 0.4) is 0 Å². The Balaban J connectivity index is 1.90. The van der Waals surface area contributed by atoms with E-state index in [9.17, 15) is 0 Å². The van der Waals surface area contributed by atoms with Crippen molar-refractivity contribution in [2.75, 3.05) is 30.0 Å². The average Bonchev–Trinajstić information content (AvgIpc) is 2.63. The summed E-state index contributed by atoms with van der Waals surface area (Å²) in [5, 5.41) is 20.1. The van der Waals surface area contributed by atoms with Crippen LogP contribution in [0.15, 0.2) is 5.51 Å². The number of anilines is 1. The molecule has 0 aliphatic carbocycles. The third-order valence-corrected chi connectivity index (χ3v) is 3.05. The number of aliphatic hydroxyl groups excluding tert-OH is 1. The first-order valence-corrected chi connectivity index (χ1v) is 6.15. The van der Waals surface area contributed by atoms with Crippen LogP contribution in [0, 0.1) is 0 Å². The number of rotatable bonds is 7. The number of aromatic nitrogens is 2. The summed E-state index contributed by atoms with van der Waals surface area (Å²) in [6, 6.07) is 0. The predicted molar refractivity (Wildman–Crippen MR) is 57.4 cm³/mol. The first kappa shape index (κ1) is 10.7. The molecule has 0 saturated heterocycles. The highest BCUT2D eigenvalue weighted by Gasteiger charge is 1.93. The van der Waals surface area contributed by atoms with Gasteiger partial charge in [-0.3, -0.25) is 0 Å². The molecular formula is C7H13N3OS2. The van der Waals surface area contributed by atoms with E-state index < -0.39 is 0 Å². The van der Waals surface area contributed by atoms with Crippen LogP contribution in [-0.2, 0) is 0 Å². The first-order chi connectivity index (χ1) is 6.43. The molecule has 0 fully saturated rings. The Labute approximate surface area is 85.8 Å². The van der Waals surface area contributed by atoms with Crippen LogP contribution in [0.25, 0.3) is 0 Å². The molecule has 0 saturated carbocycles. The molecule has 0 unspecified atom stereocenters. The topological polar surface area (TPSA) is 58.0 Å². The normalized spacial score (nSPS) is 10.2. The van der Waals surface area contributed by atoms with Crippen LogP contribution >= 0.6 is 23.1 Å². The zero-order chi connectivity index (χ0) is 9.36.